The van der Waals surface area contributed by atoms with Crippen LogP contribution in [0.2, 0.25) is 0 Å². The Morgan fingerprint density at radius 3 is 2.61 bits per heavy atom. The second-order valence-electron chi connectivity index (χ2n) is 6.26. The number of nitrogens with one attached hydrogen (secondary N) is 2. The van der Waals surface area contributed by atoms with Crippen molar-refractivity contribution in [2.75, 3.05) is 13.2 Å². The molecule has 4 unspecified atom stereocenters. The third-order valence-electron chi connectivity index (χ3n) is 4.80. The van der Waals surface area contributed by atoms with Crippen molar-refractivity contribution in [1.29, 1.82) is 0 Å². The molecule has 1 amide bonds. The Morgan fingerprint density at radius 1 is 1.22 bits per heavy atom. The van der Waals surface area contributed by atoms with Crippen LogP contribution in [0.1, 0.15) is 39.0 Å². The van der Waals surface area contributed by atoms with Crippen LogP contribution >= 0.6 is 0 Å². The maximum absolute atomic E-state index is 12.3. The molecule has 4 nitrogen and oxygen atoms in total. The van der Waals surface area contributed by atoms with E-state index in [1.54, 1.807) is 0 Å². The highest BCUT2D eigenvalue weighted by Crippen LogP contribution is 2.28. The first-order chi connectivity index (χ1) is 8.72. The average molecular weight is 252 g/mol. The molecule has 0 aromatic rings. The van der Waals surface area contributed by atoms with Gasteiger partial charge in [0.15, 0.2) is 0 Å². The van der Waals surface area contributed by atoms with Crippen LogP contribution in [-0.2, 0) is 9.53 Å². The number of hydrogen-bond acceptors (Lipinski definition) is 3. The third kappa shape index (κ3) is 2.54. The van der Waals surface area contributed by atoms with E-state index in [2.05, 4.69) is 17.6 Å². The molecule has 3 heterocycles. The van der Waals surface area contributed by atoms with Crippen molar-refractivity contribution in [1.82, 2.24) is 10.6 Å². The summed E-state index contributed by atoms with van der Waals surface area (Å²) in [5.41, 5.74) is 0. The summed E-state index contributed by atoms with van der Waals surface area (Å²) in [5.74, 6) is 0.778. The molecular weight excluding hydrogens is 228 g/mol. The van der Waals surface area contributed by atoms with Gasteiger partial charge in [0.25, 0.3) is 0 Å². The van der Waals surface area contributed by atoms with E-state index in [1.807, 2.05) is 0 Å². The fourth-order valence-electron chi connectivity index (χ4n) is 3.75. The van der Waals surface area contributed by atoms with Gasteiger partial charge >= 0.3 is 0 Å². The van der Waals surface area contributed by atoms with Crippen molar-refractivity contribution in [3.8, 4) is 0 Å². The van der Waals surface area contributed by atoms with E-state index in [-0.39, 0.29) is 11.8 Å². The predicted molar refractivity (Wildman–Crippen MR) is 69.2 cm³/mol. The molecule has 0 aromatic carbocycles. The van der Waals surface area contributed by atoms with E-state index in [4.69, 9.17) is 4.74 Å². The standard InChI is InChI=1S/C14H24N2O2/c1-9-8-18-5-4-13(9)14(17)16-12-6-10-2-3-11(7-12)15-10/h9-13,15H,2-8H2,1H3,(H,16,17). The molecule has 0 radical (unpaired) electrons. The summed E-state index contributed by atoms with van der Waals surface area (Å²) in [6.45, 7) is 3.59. The molecule has 3 fully saturated rings. The normalized spacial score (nSPS) is 43.7. The van der Waals surface area contributed by atoms with Gasteiger partial charge in [0.2, 0.25) is 5.91 Å². The van der Waals surface area contributed by atoms with Crippen LogP contribution in [0.15, 0.2) is 0 Å². The van der Waals surface area contributed by atoms with Crippen molar-refractivity contribution in [2.24, 2.45) is 11.8 Å². The number of ether oxygens (including phenoxy) is 1. The van der Waals surface area contributed by atoms with E-state index in [0.29, 0.717) is 24.0 Å². The van der Waals surface area contributed by atoms with E-state index < -0.39 is 0 Å². The number of rotatable bonds is 2. The first-order valence-electron chi connectivity index (χ1n) is 7.36. The SMILES string of the molecule is CC1COCCC1C(=O)NC1CC2CCC(C1)N2. The van der Waals surface area contributed by atoms with Gasteiger partial charge < -0.3 is 15.4 Å². The molecule has 4 atom stereocenters. The number of amides is 1. The molecular formula is C14H24N2O2. The zero-order valence-electron chi connectivity index (χ0n) is 11.2. The van der Waals surface area contributed by atoms with Gasteiger partial charge in [0.05, 0.1) is 0 Å². The van der Waals surface area contributed by atoms with Crippen LogP contribution in [0.5, 0.6) is 0 Å². The van der Waals surface area contributed by atoms with Crippen molar-refractivity contribution in [2.45, 2.75) is 57.2 Å². The molecule has 2 N–H and O–H groups in total. The molecule has 4 heteroatoms. The van der Waals surface area contributed by atoms with Crippen LogP contribution in [0.4, 0.5) is 0 Å². The lowest BCUT2D eigenvalue weighted by Crippen LogP contribution is -2.50. The van der Waals surface area contributed by atoms with Gasteiger partial charge in [-0.3, -0.25) is 4.79 Å². The van der Waals surface area contributed by atoms with Crippen LogP contribution in [0.25, 0.3) is 0 Å². The summed E-state index contributed by atoms with van der Waals surface area (Å²) in [5, 5.41) is 6.90. The maximum atomic E-state index is 12.3. The lowest BCUT2D eigenvalue weighted by Gasteiger charge is -2.33. The second-order valence-corrected chi connectivity index (χ2v) is 6.26. The molecule has 0 aliphatic carbocycles. The summed E-state index contributed by atoms with van der Waals surface area (Å²) in [7, 11) is 0. The topological polar surface area (TPSA) is 50.4 Å². The van der Waals surface area contributed by atoms with Crippen molar-refractivity contribution in [3.05, 3.63) is 0 Å². The highest BCUT2D eigenvalue weighted by atomic mass is 16.5. The van der Waals surface area contributed by atoms with Crippen LogP contribution < -0.4 is 10.6 Å². The summed E-state index contributed by atoms with van der Waals surface area (Å²) < 4.78 is 5.41. The fraction of sp³-hybridized carbons (Fsp3) is 0.929. The van der Waals surface area contributed by atoms with Crippen LogP contribution in [0, 0.1) is 11.8 Å². The van der Waals surface area contributed by atoms with Gasteiger partial charge in [-0.2, -0.15) is 0 Å². The Kier molecular flexibility index (Phi) is 3.57. The molecule has 3 saturated heterocycles. The second kappa shape index (κ2) is 5.17. The predicted octanol–water partition coefficient (Wildman–Crippen LogP) is 1.06. The number of fused-ring (bicyclic) bond motifs is 2. The molecule has 18 heavy (non-hydrogen) atoms. The van der Waals surface area contributed by atoms with E-state index >= 15 is 0 Å². The maximum Gasteiger partial charge on any atom is 0.223 e. The highest BCUT2D eigenvalue weighted by molar-refractivity contribution is 5.79. The molecule has 3 rings (SSSR count). The molecule has 3 aliphatic rings. The summed E-state index contributed by atoms with van der Waals surface area (Å²) in [6, 6.07) is 1.67. The number of piperidine rings is 1. The average Bonchev–Trinajstić information content (AvgIpc) is 2.69. The van der Waals surface area contributed by atoms with E-state index in [9.17, 15) is 4.79 Å². The van der Waals surface area contributed by atoms with Gasteiger partial charge in [-0.25, -0.2) is 0 Å². The van der Waals surface area contributed by atoms with Gasteiger partial charge in [-0.1, -0.05) is 6.92 Å². The zero-order valence-corrected chi connectivity index (χ0v) is 11.2. The lowest BCUT2D eigenvalue weighted by molar-refractivity contribution is -0.131. The minimum absolute atomic E-state index is 0.159. The monoisotopic (exact) mass is 252 g/mol. The van der Waals surface area contributed by atoms with Gasteiger partial charge in [-0.05, 0) is 38.0 Å². The molecule has 0 spiro atoms. The smallest absolute Gasteiger partial charge is 0.223 e. The Bertz CT molecular complexity index is 309. The number of hydrogen-bond donors (Lipinski definition) is 2. The Balaban J connectivity index is 1.54. The first-order valence-corrected chi connectivity index (χ1v) is 7.36. The lowest BCUT2D eigenvalue weighted by atomic mass is 9.88. The van der Waals surface area contributed by atoms with Crippen LogP contribution in [0.3, 0.4) is 0 Å². The van der Waals surface area contributed by atoms with Crippen molar-refractivity contribution < 1.29 is 9.53 Å². The van der Waals surface area contributed by atoms with Gasteiger partial charge in [-0.15, -0.1) is 0 Å². The number of carbonyl (C=O) groups excluding carboxylic acids is 1. The molecule has 3 aliphatic heterocycles. The Labute approximate surface area is 109 Å². The minimum Gasteiger partial charge on any atom is -0.381 e. The molecule has 102 valence electrons. The summed E-state index contributed by atoms with van der Waals surface area (Å²) >= 11 is 0. The number of carbonyl (C=O) groups is 1. The van der Waals surface area contributed by atoms with E-state index in [1.165, 1.54) is 12.8 Å². The van der Waals surface area contributed by atoms with Crippen molar-refractivity contribution >= 4 is 5.91 Å². The molecule has 0 saturated carbocycles. The largest absolute Gasteiger partial charge is 0.381 e. The summed E-state index contributed by atoms with van der Waals surface area (Å²) in [4.78, 5) is 12.3. The quantitative estimate of drug-likeness (QED) is 0.772. The Morgan fingerprint density at radius 2 is 1.94 bits per heavy atom. The molecule has 2 bridgehead atoms. The van der Waals surface area contributed by atoms with Crippen LogP contribution in [-0.4, -0.2) is 37.2 Å². The zero-order chi connectivity index (χ0) is 12.5. The third-order valence-corrected chi connectivity index (χ3v) is 4.80. The molecule has 0 aromatic heterocycles. The Hall–Kier alpha value is -0.610. The van der Waals surface area contributed by atoms with Crippen molar-refractivity contribution in [3.63, 3.8) is 0 Å². The minimum atomic E-state index is 0.159. The van der Waals surface area contributed by atoms with E-state index in [0.717, 1.165) is 32.5 Å². The van der Waals surface area contributed by atoms with Gasteiger partial charge in [0.1, 0.15) is 0 Å². The van der Waals surface area contributed by atoms with Gasteiger partial charge in [0, 0.05) is 37.3 Å². The summed E-state index contributed by atoms with van der Waals surface area (Å²) in [6.07, 6.45) is 5.67. The first kappa shape index (κ1) is 12.4. The fourth-order valence-corrected chi connectivity index (χ4v) is 3.75. The highest BCUT2D eigenvalue weighted by Gasteiger charge is 2.36.